The molecule has 30 heavy (non-hydrogen) atoms. The zero-order chi connectivity index (χ0) is 21.7. The lowest BCUT2D eigenvalue weighted by molar-refractivity contribution is -0.125. The van der Waals surface area contributed by atoms with Crippen molar-refractivity contribution in [2.24, 2.45) is 5.92 Å². The fourth-order valence-electron chi connectivity index (χ4n) is 3.43. The van der Waals surface area contributed by atoms with Crippen molar-refractivity contribution in [2.75, 3.05) is 30.8 Å². The maximum atomic E-state index is 12.8. The molecule has 2 unspecified atom stereocenters. The highest BCUT2D eigenvalue weighted by Gasteiger charge is 2.31. The van der Waals surface area contributed by atoms with Crippen LogP contribution in [0.2, 0.25) is 5.02 Å². The molecule has 1 aliphatic rings. The molecule has 160 valence electrons. The minimum atomic E-state index is -0.407. The monoisotopic (exact) mass is 494 g/mol. The molecule has 3 rings (SSSR count). The first-order valence-corrected chi connectivity index (χ1v) is 10.9. The molecule has 2 N–H and O–H groups in total. The van der Waals surface area contributed by atoms with E-state index in [1.54, 1.807) is 30.5 Å². The van der Waals surface area contributed by atoms with E-state index in [4.69, 9.17) is 16.3 Å². The number of nitrogens with one attached hydrogen (secondary N) is 2. The lowest BCUT2D eigenvalue weighted by Gasteiger charge is -2.35. The highest BCUT2D eigenvalue weighted by atomic mass is 79.9. The molecular weight excluding hydrogens is 472 g/mol. The Morgan fingerprint density at radius 3 is 2.80 bits per heavy atom. The summed E-state index contributed by atoms with van der Waals surface area (Å²) < 4.78 is 6.14. The van der Waals surface area contributed by atoms with Crippen molar-refractivity contribution in [1.29, 1.82) is 0 Å². The van der Waals surface area contributed by atoms with E-state index in [1.807, 2.05) is 17.9 Å². The zero-order valence-electron chi connectivity index (χ0n) is 16.8. The van der Waals surface area contributed by atoms with Crippen molar-refractivity contribution >= 4 is 50.9 Å². The first-order valence-electron chi connectivity index (χ1n) is 9.68. The van der Waals surface area contributed by atoms with Crippen LogP contribution in [0.15, 0.2) is 41.0 Å². The van der Waals surface area contributed by atoms with Crippen LogP contribution in [0.25, 0.3) is 0 Å². The van der Waals surface area contributed by atoms with Crippen molar-refractivity contribution in [3.05, 3.63) is 46.0 Å². The number of aromatic nitrogens is 1. The number of carbonyl (C=O) groups is 2. The van der Waals surface area contributed by atoms with Gasteiger partial charge in [-0.15, -0.1) is 0 Å². The number of piperidine rings is 1. The lowest BCUT2D eigenvalue weighted by Crippen LogP contribution is -2.49. The molecule has 2 heterocycles. The molecule has 2 aromatic rings. The summed E-state index contributed by atoms with van der Waals surface area (Å²) in [4.78, 5) is 31.7. The Labute approximate surface area is 189 Å². The van der Waals surface area contributed by atoms with Gasteiger partial charge in [0.15, 0.2) is 0 Å². The van der Waals surface area contributed by atoms with Gasteiger partial charge in [-0.2, -0.15) is 0 Å². The van der Waals surface area contributed by atoms with Crippen LogP contribution in [-0.2, 0) is 9.59 Å². The van der Waals surface area contributed by atoms with Crippen LogP contribution < -0.4 is 15.4 Å². The topological polar surface area (TPSA) is 83.6 Å². The normalized spacial score (nSPS) is 17.8. The van der Waals surface area contributed by atoms with Crippen LogP contribution in [0.1, 0.15) is 19.8 Å². The molecule has 0 bridgehead atoms. The van der Waals surface area contributed by atoms with Crippen molar-refractivity contribution in [2.45, 2.75) is 25.8 Å². The van der Waals surface area contributed by atoms with Gasteiger partial charge in [0.25, 0.3) is 0 Å². The fourth-order valence-corrected chi connectivity index (χ4v) is 3.84. The standard InChI is InChI=1S/C21H24BrClN4O3/c1-13(20(28)25-17-10-16(23)6-7-18(17)30-2)27-9-3-4-14(12-27)21(29)26-19-8-5-15(22)11-24-19/h5-8,10-11,13-14H,3-4,9,12H2,1-2H3,(H,25,28)(H,24,26,29). The van der Waals surface area contributed by atoms with Crippen LogP contribution in [-0.4, -0.2) is 47.9 Å². The van der Waals surface area contributed by atoms with Gasteiger partial charge in [-0.1, -0.05) is 11.6 Å². The molecule has 0 saturated carbocycles. The lowest BCUT2D eigenvalue weighted by atomic mass is 9.96. The minimum absolute atomic E-state index is 0.0846. The number of carbonyl (C=O) groups excluding carboxylic acids is 2. The number of anilines is 2. The molecule has 9 heteroatoms. The molecule has 1 aromatic heterocycles. The third-order valence-electron chi connectivity index (χ3n) is 5.15. The molecule has 1 fully saturated rings. The van der Waals surface area contributed by atoms with E-state index in [1.165, 1.54) is 7.11 Å². The molecule has 1 aliphatic heterocycles. The molecule has 2 atom stereocenters. The average molecular weight is 496 g/mol. The number of hydrogen-bond donors (Lipinski definition) is 2. The smallest absolute Gasteiger partial charge is 0.241 e. The first kappa shape index (κ1) is 22.5. The summed E-state index contributed by atoms with van der Waals surface area (Å²) >= 11 is 9.37. The maximum absolute atomic E-state index is 12.8. The summed E-state index contributed by atoms with van der Waals surface area (Å²) in [5.41, 5.74) is 0.523. The zero-order valence-corrected chi connectivity index (χ0v) is 19.2. The second-order valence-corrected chi connectivity index (χ2v) is 8.55. The molecule has 0 spiro atoms. The summed E-state index contributed by atoms with van der Waals surface area (Å²) in [5.74, 6) is 0.585. The predicted octanol–water partition coefficient (Wildman–Crippen LogP) is 4.18. The number of pyridine rings is 1. The van der Waals surface area contributed by atoms with E-state index in [2.05, 4.69) is 31.5 Å². The number of methoxy groups -OCH3 is 1. The number of nitrogens with zero attached hydrogens (tertiary/aromatic N) is 2. The quantitative estimate of drug-likeness (QED) is 0.628. The van der Waals surface area contributed by atoms with Crippen LogP contribution in [0.4, 0.5) is 11.5 Å². The van der Waals surface area contributed by atoms with Gasteiger partial charge >= 0.3 is 0 Å². The third kappa shape index (κ3) is 5.71. The Morgan fingerprint density at radius 2 is 2.10 bits per heavy atom. The van der Waals surface area contributed by atoms with E-state index in [9.17, 15) is 9.59 Å². The van der Waals surface area contributed by atoms with E-state index >= 15 is 0 Å². The molecule has 1 saturated heterocycles. The first-order chi connectivity index (χ1) is 14.4. The Morgan fingerprint density at radius 1 is 1.30 bits per heavy atom. The number of halogens is 2. The van der Waals surface area contributed by atoms with Crippen molar-refractivity contribution in [3.8, 4) is 5.75 Å². The summed E-state index contributed by atoms with van der Waals surface area (Å²) in [6.45, 7) is 3.09. The number of hydrogen-bond acceptors (Lipinski definition) is 5. The second kappa shape index (κ2) is 10.2. The Hall–Kier alpha value is -2.16. The largest absolute Gasteiger partial charge is 0.495 e. The van der Waals surface area contributed by atoms with Gasteiger partial charge in [0.05, 0.1) is 24.8 Å². The van der Waals surface area contributed by atoms with Gasteiger partial charge in [-0.25, -0.2) is 4.98 Å². The number of amides is 2. The summed E-state index contributed by atoms with van der Waals surface area (Å²) in [6, 6.07) is 8.23. The van der Waals surface area contributed by atoms with Gasteiger partial charge < -0.3 is 15.4 Å². The van der Waals surface area contributed by atoms with Crippen LogP contribution in [0.3, 0.4) is 0 Å². The maximum Gasteiger partial charge on any atom is 0.241 e. The summed E-state index contributed by atoms with van der Waals surface area (Å²) in [7, 11) is 1.54. The highest BCUT2D eigenvalue weighted by molar-refractivity contribution is 9.10. The summed E-state index contributed by atoms with van der Waals surface area (Å²) in [5, 5.41) is 6.25. The highest BCUT2D eigenvalue weighted by Crippen LogP contribution is 2.28. The van der Waals surface area contributed by atoms with Gasteiger partial charge in [-0.05, 0) is 72.6 Å². The summed E-state index contributed by atoms with van der Waals surface area (Å²) in [6.07, 6.45) is 3.25. The van der Waals surface area contributed by atoms with Gasteiger partial charge in [-0.3, -0.25) is 14.5 Å². The minimum Gasteiger partial charge on any atom is -0.495 e. The molecule has 2 amide bonds. The van der Waals surface area contributed by atoms with Crippen LogP contribution in [0, 0.1) is 5.92 Å². The van der Waals surface area contributed by atoms with Crippen LogP contribution >= 0.6 is 27.5 Å². The fraction of sp³-hybridized carbons (Fsp3) is 0.381. The average Bonchev–Trinajstić information content (AvgIpc) is 2.75. The Kier molecular flexibility index (Phi) is 7.69. The van der Waals surface area contributed by atoms with Crippen molar-refractivity contribution < 1.29 is 14.3 Å². The number of benzene rings is 1. The van der Waals surface area contributed by atoms with E-state index in [0.29, 0.717) is 28.8 Å². The predicted molar refractivity (Wildman–Crippen MR) is 121 cm³/mol. The Bertz CT molecular complexity index is 910. The van der Waals surface area contributed by atoms with Gasteiger partial charge in [0.1, 0.15) is 11.6 Å². The SMILES string of the molecule is COc1ccc(Cl)cc1NC(=O)C(C)N1CCCC(C(=O)Nc2ccc(Br)cn2)C1. The van der Waals surface area contributed by atoms with Gasteiger partial charge in [0.2, 0.25) is 11.8 Å². The van der Waals surface area contributed by atoms with E-state index in [-0.39, 0.29) is 17.7 Å². The van der Waals surface area contributed by atoms with Crippen molar-refractivity contribution in [1.82, 2.24) is 9.88 Å². The molecular formula is C21H24BrClN4O3. The van der Waals surface area contributed by atoms with Crippen molar-refractivity contribution in [3.63, 3.8) is 0 Å². The van der Waals surface area contributed by atoms with Crippen LogP contribution in [0.5, 0.6) is 5.75 Å². The second-order valence-electron chi connectivity index (χ2n) is 7.19. The molecule has 0 aliphatic carbocycles. The van der Waals surface area contributed by atoms with Gasteiger partial charge in [0, 0.05) is 22.2 Å². The number of ether oxygens (including phenoxy) is 1. The van der Waals surface area contributed by atoms with E-state index < -0.39 is 6.04 Å². The Balaban J connectivity index is 1.61. The molecule has 0 radical (unpaired) electrons. The number of rotatable bonds is 6. The number of likely N-dealkylation sites (tertiary alicyclic amines) is 1. The third-order valence-corrected chi connectivity index (χ3v) is 5.85. The molecule has 1 aromatic carbocycles. The van der Waals surface area contributed by atoms with E-state index in [0.717, 1.165) is 23.9 Å². The molecule has 7 nitrogen and oxygen atoms in total.